The Morgan fingerprint density at radius 2 is 1.84 bits per heavy atom. The molecule has 3 aromatic rings. The van der Waals surface area contributed by atoms with Gasteiger partial charge < -0.3 is 35.3 Å². The first kappa shape index (κ1) is 32.2. The quantitative estimate of drug-likeness (QED) is 0.274. The number of amides is 3. The van der Waals surface area contributed by atoms with Crippen LogP contribution in [-0.4, -0.2) is 82.2 Å². The lowest BCUT2D eigenvalue weighted by Gasteiger charge is -2.32. The molecule has 2 fully saturated rings. The molecule has 3 heterocycles. The second-order valence-electron chi connectivity index (χ2n) is 10.7. The van der Waals surface area contributed by atoms with Crippen molar-refractivity contribution in [3.05, 3.63) is 64.6 Å². The number of nitrogens with one attached hydrogen (secondary N) is 3. The van der Waals surface area contributed by atoms with Gasteiger partial charge in [0.2, 0.25) is 11.7 Å². The second kappa shape index (κ2) is 13.4. The van der Waals surface area contributed by atoms with E-state index in [1.165, 1.54) is 29.8 Å². The number of aliphatic hydroxyl groups excluding tert-OH is 1. The second-order valence-corrected chi connectivity index (χ2v) is 11.1. The highest BCUT2D eigenvalue weighted by atomic mass is 35.5. The summed E-state index contributed by atoms with van der Waals surface area (Å²) in [6.07, 6.45) is 1.40. The van der Waals surface area contributed by atoms with Crippen LogP contribution >= 0.6 is 11.6 Å². The van der Waals surface area contributed by atoms with E-state index in [4.69, 9.17) is 11.6 Å². The van der Waals surface area contributed by atoms with Gasteiger partial charge in [-0.1, -0.05) is 11.6 Å². The van der Waals surface area contributed by atoms with Crippen LogP contribution in [0.4, 0.5) is 23.2 Å². The number of aromatic nitrogens is 2. The molecule has 4 N–H and O–H groups in total. The van der Waals surface area contributed by atoms with Gasteiger partial charge in [0.25, 0.3) is 11.8 Å². The first-order valence-corrected chi connectivity index (χ1v) is 14.4. The number of likely N-dealkylation sites (tertiary alicyclic amines) is 1. The average Bonchev–Trinajstić information content (AvgIpc) is 3.59. The predicted octanol–water partition coefficient (Wildman–Crippen LogP) is 3.17. The Kier molecular flexibility index (Phi) is 9.60. The Hall–Kier alpha value is -4.21. The number of rotatable bonds is 8. The number of carbonyl (C=O) groups is 3. The van der Waals surface area contributed by atoms with Crippen molar-refractivity contribution in [2.75, 3.05) is 31.5 Å². The molecule has 240 valence electrons. The highest BCUT2D eigenvalue weighted by molar-refractivity contribution is 6.34. The minimum Gasteiger partial charge on any atom is -0.432 e. The highest BCUT2D eigenvalue weighted by Gasteiger charge is 2.32. The summed E-state index contributed by atoms with van der Waals surface area (Å²) in [5.41, 5.74) is 0.0988. The van der Waals surface area contributed by atoms with E-state index >= 15 is 0 Å². The molecule has 11 nitrogen and oxygen atoms in total. The molecule has 0 bridgehead atoms. The van der Waals surface area contributed by atoms with Gasteiger partial charge in [0.05, 0.1) is 34.6 Å². The maximum absolute atomic E-state index is 14.6. The van der Waals surface area contributed by atoms with Gasteiger partial charge in [-0.2, -0.15) is 13.2 Å². The summed E-state index contributed by atoms with van der Waals surface area (Å²) in [5, 5.41) is 18.5. The fourth-order valence-corrected chi connectivity index (χ4v) is 5.63. The SMILES string of the molecule is Cn1c(-c2ccc(OC(F)F)c(F)c2F)cnc1C(=O)Nc1ccc(C(=O)N2CCC(C(=O)N[C@H]3CNC[C@@H]3O)CC2)c(Cl)c1. The summed E-state index contributed by atoms with van der Waals surface area (Å²) in [6.45, 7) is -1.74. The molecule has 0 unspecified atom stereocenters. The van der Waals surface area contributed by atoms with Gasteiger partial charge >= 0.3 is 6.61 Å². The molecule has 2 aliphatic heterocycles. The van der Waals surface area contributed by atoms with Crippen molar-refractivity contribution in [1.29, 1.82) is 0 Å². The summed E-state index contributed by atoms with van der Waals surface area (Å²) in [6, 6.07) is 5.85. The summed E-state index contributed by atoms with van der Waals surface area (Å²) >= 11 is 6.41. The van der Waals surface area contributed by atoms with Gasteiger partial charge in [-0.15, -0.1) is 0 Å². The van der Waals surface area contributed by atoms with Crippen LogP contribution in [0.2, 0.25) is 5.02 Å². The number of nitrogens with zero attached hydrogens (tertiary/aromatic N) is 3. The maximum Gasteiger partial charge on any atom is 0.387 e. The highest BCUT2D eigenvalue weighted by Crippen LogP contribution is 2.31. The number of anilines is 1. The maximum atomic E-state index is 14.6. The zero-order chi connectivity index (χ0) is 32.4. The molecule has 2 saturated heterocycles. The summed E-state index contributed by atoms with van der Waals surface area (Å²) in [7, 11) is 1.38. The zero-order valence-corrected chi connectivity index (χ0v) is 24.6. The van der Waals surface area contributed by atoms with Crippen LogP contribution in [0.15, 0.2) is 36.5 Å². The zero-order valence-electron chi connectivity index (χ0n) is 23.8. The van der Waals surface area contributed by atoms with Crippen molar-refractivity contribution in [3.63, 3.8) is 0 Å². The number of hydrogen-bond donors (Lipinski definition) is 4. The number of ether oxygens (including phenoxy) is 1. The van der Waals surface area contributed by atoms with E-state index in [0.717, 1.165) is 18.3 Å². The van der Waals surface area contributed by atoms with Crippen LogP contribution in [-0.2, 0) is 11.8 Å². The smallest absolute Gasteiger partial charge is 0.387 e. The van der Waals surface area contributed by atoms with Crippen LogP contribution in [0.3, 0.4) is 0 Å². The van der Waals surface area contributed by atoms with E-state index in [-0.39, 0.29) is 57.1 Å². The average molecular weight is 653 g/mol. The van der Waals surface area contributed by atoms with Gasteiger partial charge in [0, 0.05) is 50.4 Å². The number of carbonyl (C=O) groups excluding carboxylic acids is 3. The van der Waals surface area contributed by atoms with Crippen molar-refractivity contribution >= 4 is 35.0 Å². The van der Waals surface area contributed by atoms with Crippen LogP contribution in [0, 0.1) is 17.6 Å². The van der Waals surface area contributed by atoms with Gasteiger partial charge in [0.15, 0.2) is 17.4 Å². The Morgan fingerprint density at radius 3 is 2.49 bits per heavy atom. The van der Waals surface area contributed by atoms with Crippen LogP contribution in [0.25, 0.3) is 11.3 Å². The minimum atomic E-state index is -3.34. The fourth-order valence-electron chi connectivity index (χ4n) is 5.37. The minimum absolute atomic E-state index is 0.00601. The number of β-amino-alcohol motifs (C(OH)–C–C–N with tert-alkyl or cyclic N) is 1. The monoisotopic (exact) mass is 652 g/mol. The van der Waals surface area contributed by atoms with Crippen molar-refractivity contribution in [1.82, 2.24) is 25.1 Å². The molecule has 2 aliphatic rings. The van der Waals surface area contributed by atoms with Crippen molar-refractivity contribution < 1.29 is 41.8 Å². The molecular weight excluding hydrogens is 624 g/mol. The summed E-state index contributed by atoms with van der Waals surface area (Å²) in [5.74, 6) is -5.70. The van der Waals surface area contributed by atoms with Crippen molar-refractivity contribution in [2.45, 2.75) is 31.6 Å². The molecule has 45 heavy (non-hydrogen) atoms. The topological polar surface area (TPSA) is 138 Å². The fraction of sp³-hybridized carbons (Fsp3) is 0.379. The Labute approximate surface area is 259 Å². The lowest BCUT2D eigenvalue weighted by atomic mass is 9.95. The number of halogens is 5. The summed E-state index contributed by atoms with van der Waals surface area (Å²) in [4.78, 5) is 44.3. The number of aliphatic hydroxyl groups is 1. The molecule has 3 amide bonds. The largest absolute Gasteiger partial charge is 0.432 e. The number of imidazole rings is 1. The lowest BCUT2D eigenvalue weighted by Crippen LogP contribution is -2.48. The molecule has 16 heteroatoms. The van der Waals surface area contributed by atoms with E-state index in [1.54, 1.807) is 4.90 Å². The van der Waals surface area contributed by atoms with Crippen LogP contribution in [0.5, 0.6) is 5.75 Å². The third-order valence-corrected chi connectivity index (χ3v) is 8.16. The number of benzene rings is 2. The van der Waals surface area contributed by atoms with Crippen LogP contribution < -0.4 is 20.7 Å². The normalized spacial score (nSPS) is 18.7. The number of hydrogen-bond acceptors (Lipinski definition) is 7. The molecule has 0 radical (unpaired) electrons. The Bertz CT molecular complexity index is 1610. The van der Waals surface area contributed by atoms with Crippen molar-refractivity contribution in [2.24, 2.45) is 13.0 Å². The van der Waals surface area contributed by atoms with Gasteiger partial charge in [-0.3, -0.25) is 14.4 Å². The first-order chi connectivity index (χ1) is 21.4. The van der Waals surface area contributed by atoms with Crippen molar-refractivity contribution in [3.8, 4) is 17.0 Å². The lowest BCUT2D eigenvalue weighted by molar-refractivity contribution is -0.127. The molecule has 0 aliphatic carbocycles. The number of alkyl halides is 2. The van der Waals surface area contributed by atoms with E-state index in [0.29, 0.717) is 39.0 Å². The first-order valence-electron chi connectivity index (χ1n) is 14.0. The number of piperidine rings is 1. The molecular formula is C29H29ClF4N6O5. The third-order valence-electron chi connectivity index (χ3n) is 7.85. The van der Waals surface area contributed by atoms with Gasteiger partial charge in [-0.05, 0) is 43.2 Å². The van der Waals surface area contributed by atoms with Crippen LogP contribution in [0.1, 0.15) is 33.8 Å². The van der Waals surface area contributed by atoms with Gasteiger partial charge in [0.1, 0.15) is 0 Å². The molecule has 0 spiro atoms. The molecule has 2 aromatic carbocycles. The predicted molar refractivity (Wildman–Crippen MR) is 154 cm³/mol. The van der Waals surface area contributed by atoms with E-state index in [9.17, 15) is 37.1 Å². The van der Waals surface area contributed by atoms with E-state index in [1.807, 2.05) is 0 Å². The Balaban J connectivity index is 1.20. The molecule has 5 rings (SSSR count). The molecule has 1 aromatic heterocycles. The van der Waals surface area contributed by atoms with E-state index in [2.05, 4.69) is 25.7 Å². The Morgan fingerprint density at radius 1 is 1.11 bits per heavy atom. The molecule has 2 atom stereocenters. The van der Waals surface area contributed by atoms with Gasteiger partial charge in [-0.25, -0.2) is 9.37 Å². The summed E-state index contributed by atoms with van der Waals surface area (Å²) < 4.78 is 59.0. The molecule has 0 saturated carbocycles. The standard InChI is InChI=1S/C29H29ClF4N6O5/c1-39-20(17-4-5-22(45-29(33)34)24(32)23(17)31)12-36-25(39)27(43)37-15-2-3-16(18(30)10-15)28(44)40-8-6-14(7-9-40)26(42)38-19-11-35-13-21(19)41/h2-5,10,12,14,19,21,29,35,41H,6-9,11,13H2,1H3,(H,37,43)(H,38,42)/t19-,21-/m0/s1. The third kappa shape index (κ3) is 6.89. The van der Waals surface area contributed by atoms with E-state index < -0.39 is 36.0 Å².